The Morgan fingerprint density at radius 3 is 2.26 bits per heavy atom. The highest BCUT2D eigenvalue weighted by Gasteiger charge is 2.28. The van der Waals surface area contributed by atoms with Crippen molar-refractivity contribution in [2.75, 3.05) is 11.9 Å². The van der Waals surface area contributed by atoms with Crippen LogP contribution in [0.15, 0.2) is 54.6 Å². The smallest absolute Gasteiger partial charge is 0.265 e. The third kappa shape index (κ3) is 5.96. The zero-order chi connectivity index (χ0) is 24.7. The van der Waals surface area contributed by atoms with Crippen LogP contribution in [0.3, 0.4) is 0 Å². The molecule has 0 fully saturated rings. The fourth-order valence-electron chi connectivity index (χ4n) is 4.07. The molecule has 1 heterocycles. The van der Waals surface area contributed by atoms with Gasteiger partial charge in [0, 0.05) is 18.7 Å². The molecule has 34 heavy (non-hydrogen) atoms. The van der Waals surface area contributed by atoms with Gasteiger partial charge in [-0.2, -0.15) is 4.73 Å². The van der Waals surface area contributed by atoms with Crippen LogP contribution in [0.1, 0.15) is 72.6 Å². The van der Waals surface area contributed by atoms with Gasteiger partial charge in [0.25, 0.3) is 5.91 Å². The highest BCUT2D eigenvalue weighted by atomic mass is 16.5. The summed E-state index contributed by atoms with van der Waals surface area (Å²) in [4.78, 5) is 13.8. The first-order valence-electron chi connectivity index (χ1n) is 12.2. The minimum absolute atomic E-state index is 0.307. The minimum atomic E-state index is -0.314. The molecule has 0 unspecified atom stereocenters. The molecule has 0 saturated heterocycles. The largest absolute Gasteiger partial charge is 0.618 e. The average Bonchev–Trinajstić information content (AvgIpc) is 2.82. The van der Waals surface area contributed by atoms with E-state index >= 15 is 0 Å². The summed E-state index contributed by atoms with van der Waals surface area (Å²) in [6, 6.07) is 17.5. The maximum absolute atomic E-state index is 13.8. The Morgan fingerprint density at radius 2 is 1.68 bits per heavy atom. The Labute approximate surface area is 203 Å². The third-order valence-electron chi connectivity index (χ3n) is 6.07. The number of aromatic nitrogens is 1. The molecule has 0 bridgehead atoms. The Morgan fingerprint density at radius 1 is 1.03 bits per heavy atom. The van der Waals surface area contributed by atoms with Crippen LogP contribution in [0.4, 0.5) is 5.69 Å². The number of nitrogens with zero attached hydrogens (tertiary/aromatic N) is 1. The fraction of sp³-hybridized carbons (Fsp3) is 0.379. The number of carbonyl (C=O) groups excluding carboxylic acids is 1. The van der Waals surface area contributed by atoms with Crippen LogP contribution in [0, 0.1) is 18.0 Å². The van der Waals surface area contributed by atoms with E-state index in [2.05, 4.69) is 33.0 Å². The molecule has 5 nitrogen and oxygen atoms in total. The van der Waals surface area contributed by atoms with Crippen molar-refractivity contribution in [2.24, 2.45) is 5.92 Å². The van der Waals surface area contributed by atoms with E-state index in [0.29, 0.717) is 41.6 Å². The molecule has 0 radical (unpaired) electrons. The lowest BCUT2D eigenvalue weighted by molar-refractivity contribution is -0.620. The number of ether oxygens (including phenoxy) is 1. The summed E-state index contributed by atoms with van der Waals surface area (Å²) >= 11 is 0. The highest BCUT2D eigenvalue weighted by molar-refractivity contribution is 6.07. The first-order chi connectivity index (χ1) is 16.3. The molecule has 2 aromatic carbocycles. The van der Waals surface area contributed by atoms with Crippen molar-refractivity contribution < 1.29 is 14.3 Å². The van der Waals surface area contributed by atoms with E-state index in [1.165, 1.54) is 0 Å². The molecule has 1 aromatic heterocycles. The molecule has 3 rings (SSSR count). The second kappa shape index (κ2) is 11.7. The van der Waals surface area contributed by atoms with Crippen molar-refractivity contribution in [3.8, 4) is 5.75 Å². The number of benzene rings is 2. The number of anilines is 1. The van der Waals surface area contributed by atoms with Crippen molar-refractivity contribution in [3.63, 3.8) is 0 Å². The van der Waals surface area contributed by atoms with Gasteiger partial charge in [-0.3, -0.25) is 4.79 Å². The molecule has 5 heteroatoms. The van der Waals surface area contributed by atoms with Crippen molar-refractivity contribution >= 4 is 11.6 Å². The Hall–Kier alpha value is -3.34. The molecule has 0 aliphatic heterocycles. The van der Waals surface area contributed by atoms with E-state index in [-0.39, 0.29) is 5.91 Å². The van der Waals surface area contributed by atoms with Crippen LogP contribution in [0.5, 0.6) is 5.75 Å². The zero-order valence-corrected chi connectivity index (χ0v) is 21.0. The summed E-state index contributed by atoms with van der Waals surface area (Å²) in [6.45, 7) is 10.6. The lowest BCUT2D eigenvalue weighted by atomic mass is 10.0. The number of hydrogen-bond donors (Lipinski definition) is 1. The molecule has 1 N–H and O–H groups in total. The monoisotopic (exact) mass is 460 g/mol. The second-order valence-corrected chi connectivity index (χ2v) is 9.07. The first-order valence-corrected chi connectivity index (χ1v) is 12.2. The van der Waals surface area contributed by atoms with E-state index in [1.807, 2.05) is 48.5 Å². The Bertz CT molecular complexity index is 1100. The first kappa shape index (κ1) is 25.3. The van der Waals surface area contributed by atoms with Crippen molar-refractivity contribution in [3.05, 3.63) is 93.4 Å². The van der Waals surface area contributed by atoms with Gasteiger partial charge in [-0.25, -0.2) is 0 Å². The van der Waals surface area contributed by atoms with Gasteiger partial charge in [0.05, 0.1) is 13.0 Å². The van der Waals surface area contributed by atoms with E-state index < -0.39 is 0 Å². The number of rotatable bonds is 10. The lowest BCUT2D eigenvalue weighted by Gasteiger charge is -2.19. The summed E-state index contributed by atoms with van der Waals surface area (Å²) in [5.41, 5.74) is 5.14. The molecular weight excluding hydrogens is 424 g/mol. The van der Waals surface area contributed by atoms with Crippen LogP contribution in [0.25, 0.3) is 0 Å². The minimum Gasteiger partial charge on any atom is -0.618 e. The predicted octanol–water partition coefficient (Wildman–Crippen LogP) is 6.02. The summed E-state index contributed by atoms with van der Waals surface area (Å²) in [5, 5.41) is 16.4. The zero-order valence-electron chi connectivity index (χ0n) is 21.0. The summed E-state index contributed by atoms with van der Waals surface area (Å²) in [6.07, 6.45) is 2.80. The molecule has 180 valence electrons. The van der Waals surface area contributed by atoms with Gasteiger partial charge in [-0.1, -0.05) is 76.2 Å². The van der Waals surface area contributed by atoms with Crippen molar-refractivity contribution in [1.29, 1.82) is 0 Å². The van der Waals surface area contributed by atoms with Crippen LogP contribution in [-0.2, 0) is 19.3 Å². The molecule has 0 aliphatic carbocycles. The molecule has 1 amide bonds. The maximum Gasteiger partial charge on any atom is 0.265 e. The Balaban J connectivity index is 2.10. The van der Waals surface area contributed by atoms with Crippen molar-refractivity contribution in [2.45, 2.75) is 60.3 Å². The Kier molecular flexibility index (Phi) is 8.69. The standard InChI is InChI=1S/C29H36N2O3/c1-6-23-14-11-15-24(7-2)28(23)30-29(32)27-25(19-22-12-9-8-10-13-22)31(33)21(5)18-26(27)34-17-16-20(3)4/h8-15,18,20H,6-7,16-17,19H2,1-5H3,(H,30,32). The average molecular weight is 461 g/mol. The topological polar surface area (TPSA) is 65.3 Å². The number of carbonyl (C=O) groups is 1. The van der Waals surface area contributed by atoms with Gasteiger partial charge >= 0.3 is 0 Å². The number of para-hydroxylation sites is 1. The van der Waals surface area contributed by atoms with Crippen LogP contribution in [0.2, 0.25) is 0 Å². The van der Waals surface area contributed by atoms with Crippen LogP contribution < -0.4 is 14.8 Å². The fourth-order valence-corrected chi connectivity index (χ4v) is 4.07. The van der Waals surface area contributed by atoms with Crippen molar-refractivity contribution in [1.82, 2.24) is 0 Å². The van der Waals surface area contributed by atoms with Crippen LogP contribution >= 0.6 is 0 Å². The van der Waals surface area contributed by atoms with Gasteiger partial charge in [0.15, 0.2) is 11.3 Å². The van der Waals surface area contributed by atoms with Gasteiger partial charge < -0.3 is 15.3 Å². The SMILES string of the molecule is CCc1cccc(CC)c1NC(=O)c1c(OCCC(C)C)cc(C)[n+]([O-])c1Cc1ccccc1. The number of hydrogen-bond acceptors (Lipinski definition) is 3. The van der Waals surface area contributed by atoms with E-state index in [4.69, 9.17) is 4.74 Å². The number of aryl methyl sites for hydroxylation is 3. The summed E-state index contributed by atoms with van der Waals surface area (Å²) in [7, 11) is 0. The molecule has 0 aliphatic rings. The lowest BCUT2D eigenvalue weighted by Crippen LogP contribution is -2.39. The van der Waals surface area contributed by atoms with Crippen LogP contribution in [-0.4, -0.2) is 12.5 Å². The van der Waals surface area contributed by atoms with Gasteiger partial charge in [-0.05, 0) is 41.9 Å². The van der Waals surface area contributed by atoms with Gasteiger partial charge in [0.1, 0.15) is 5.75 Å². The predicted molar refractivity (Wildman–Crippen MR) is 137 cm³/mol. The quantitative estimate of drug-likeness (QED) is 0.297. The second-order valence-electron chi connectivity index (χ2n) is 9.07. The van der Waals surface area contributed by atoms with E-state index in [0.717, 1.165) is 46.4 Å². The maximum atomic E-state index is 13.8. The normalized spacial score (nSPS) is 11.0. The number of amides is 1. The molecular formula is C29H36N2O3. The van der Waals surface area contributed by atoms with E-state index in [1.54, 1.807) is 13.0 Å². The number of pyridine rings is 1. The summed E-state index contributed by atoms with van der Waals surface area (Å²) in [5.74, 6) is 0.616. The van der Waals surface area contributed by atoms with Gasteiger partial charge in [-0.15, -0.1) is 0 Å². The summed E-state index contributed by atoms with van der Waals surface area (Å²) < 4.78 is 6.99. The molecule has 0 saturated carbocycles. The molecule has 0 atom stereocenters. The number of nitrogens with one attached hydrogen (secondary N) is 1. The van der Waals surface area contributed by atoms with Gasteiger partial charge in [0.2, 0.25) is 5.69 Å². The highest BCUT2D eigenvalue weighted by Crippen LogP contribution is 2.28. The third-order valence-corrected chi connectivity index (χ3v) is 6.07. The van der Waals surface area contributed by atoms with E-state index in [9.17, 15) is 10.0 Å². The molecule has 3 aromatic rings. The molecule has 0 spiro atoms.